The van der Waals surface area contributed by atoms with Crippen LogP contribution >= 0.6 is 7.60 Å². The van der Waals surface area contributed by atoms with E-state index in [1.165, 1.54) is 4.90 Å². The van der Waals surface area contributed by atoms with Crippen molar-refractivity contribution in [2.45, 2.75) is 26.8 Å². The molecule has 0 saturated heterocycles. The van der Waals surface area contributed by atoms with Crippen molar-refractivity contribution < 1.29 is 23.5 Å². The van der Waals surface area contributed by atoms with Gasteiger partial charge >= 0.3 is 7.60 Å². The van der Waals surface area contributed by atoms with Crippen LogP contribution in [-0.4, -0.2) is 48.1 Å². The van der Waals surface area contributed by atoms with Crippen LogP contribution < -0.4 is 11.0 Å². The molecule has 0 spiro atoms. The van der Waals surface area contributed by atoms with Crippen molar-refractivity contribution in [2.24, 2.45) is 10.7 Å². The van der Waals surface area contributed by atoms with Crippen molar-refractivity contribution in [3.8, 4) is 0 Å². The number of carbonyl (C=O) groups is 1. The Morgan fingerprint density at radius 2 is 1.88 bits per heavy atom. The van der Waals surface area contributed by atoms with E-state index in [1.807, 2.05) is 0 Å². The Balaban J connectivity index is 2.53. The van der Waals surface area contributed by atoms with Gasteiger partial charge in [0.1, 0.15) is 17.2 Å². The smallest absolute Gasteiger partial charge is 0.363 e. The Morgan fingerprint density at radius 1 is 1.31 bits per heavy atom. The molecule has 0 fully saturated rings. The van der Waals surface area contributed by atoms with Crippen molar-refractivity contribution in [2.75, 3.05) is 20.3 Å². The van der Waals surface area contributed by atoms with Gasteiger partial charge in [-0.15, -0.1) is 0 Å². The summed E-state index contributed by atoms with van der Waals surface area (Å²) < 4.78 is 23.8. The minimum Gasteiger partial charge on any atom is -0.509 e. The third kappa shape index (κ3) is 3.67. The fourth-order valence-electron chi connectivity index (χ4n) is 2.59. The van der Waals surface area contributed by atoms with E-state index in [4.69, 9.17) is 14.8 Å². The number of aliphatic hydroxyl groups is 1. The van der Waals surface area contributed by atoms with Gasteiger partial charge in [0.2, 0.25) is 0 Å². The van der Waals surface area contributed by atoms with Gasteiger partial charge in [0.25, 0.3) is 5.91 Å². The molecule has 2 rings (SSSR count). The fourth-order valence-corrected chi connectivity index (χ4v) is 4.29. The van der Waals surface area contributed by atoms with Gasteiger partial charge in [0.05, 0.1) is 30.2 Å². The molecule has 0 unspecified atom stereocenters. The largest absolute Gasteiger partial charge is 0.509 e. The first-order valence-corrected chi connectivity index (χ1v) is 9.84. The van der Waals surface area contributed by atoms with Gasteiger partial charge < -0.3 is 24.8 Å². The average Bonchev–Trinajstić information content (AvgIpc) is 2.79. The van der Waals surface area contributed by atoms with Crippen molar-refractivity contribution in [1.29, 1.82) is 0 Å². The molecule has 9 heteroatoms. The lowest BCUT2D eigenvalue weighted by Crippen LogP contribution is -2.31. The molecule has 0 aromatic heterocycles. The summed E-state index contributed by atoms with van der Waals surface area (Å²) in [5, 5.41) is 10.4. The topological polar surface area (TPSA) is 114 Å². The molecule has 1 atom stereocenters. The van der Waals surface area contributed by atoms with E-state index < -0.39 is 19.5 Å². The zero-order valence-corrected chi connectivity index (χ0v) is 16.2. The SMILES string of the molecule is CCOP(=O)(OCC)c1ccccc1N=C(N)C1=C(O)[C@H](C)N(C)C1=O. The first kappa shape index (κ1) is 20.2. The Hall–Kier alpha value is -2.15. The van der Waals surface area contributed by atoms with E-state index in [0.29, 0.717) is 0 Å². The Bertz CT molecular complexity index is 795. The quantitative estimate of drug-likeness (QED) is 0.425. The number of rotatable bonds is 7. The molecule has 1 aromatic carbocycles. The fraction of sp³-hybridized carbons (Fsp3) is 0.412. The van der Waals surface area contributed by atoms with E-state index in [2.05, 4.69) is 4.99 Å². The summed E-state index contributed by atoms with van der Waals surface area (Å²) >= 11 is 0. The number of para-hydroxylation sites is 1. The van der Waals surface area contributed by atoms with Gasteiger partial charge in [-0.1, -0.05) is 12.1 Å². The molecular weight excluding hydrogens is 357 g/mol. The highest BCUT2D eigenvalue weighted by atomic mass is 31.2. The molecule has 26 heavy (non-hydrogen) atoms. The molecule has 0 radical (unpaired) electrons. The molecule has 1 amide bonds. The van der Waals surface area contributed by atoms with E-state index in [0.717, 1.165) is 0 Å². The van der Waals surface area contributed by atoms with Crippen molar-refractivity contribution in [3.63, 3.8) is 0 Å². The first-order chi connectivity index (χ1) is 12.3. The lowest BCUT2D eigenvalue weighted by molar-refractivity contribution is -0.125. The van der Waals surface area contributed by atoms with Crippen molar-refractivity contribution in [3.05, 3.63) is 35.6 Å². The number of benzene rings is 1. The second kappa shape index (κ2) is 8.03. The molecule has 142 valence electrons. The van der Waals surface area contributed by atoms with Crippen molar-refractivity contribution in [1.82, 2.24) is 4.90 Å². The third-order valence-electron chi connectivity index (χ3n) is 4.04. The van der Waals surface area contributed by atoms with Gasteiger partial charge in [0.15, 0.2) is 0 Å². The van der Waals surface area contributed by atoms with Gasteiger partial charge in [-0.2, -0.15) is 0 Å². The van der Waals surface area contributed by atoms with Crippen LogP contribution in [0.4, 0.5) is 5.69 Å². The summed E-state index contributed by atoms with van der Waals surface area (Å²) in [6.45, 7) is 5.49. The van der Waals surface area contributed by atoms with E-state index in [-0.39, 0.29) is 41.4 Å². The van der Waals surface area contributed by atoms with Crippen LogP contribution in [-0.2, 0) is 18.4 Å². The van der Waals surface area contributed by atoms with Crippen LogP contribution in [0.2, 0.25) is 0 Å². The highest BCUT2D eigenvalue weighted by Gasteiger charge is 2.36. The molecule has 1 aliphatic rings. The number of hydrogen-bond donors (Lipinski definition) is 2. The predicted molar refractivity (Wildman–Crippen MR) is 100 cm³/mol. The Morgan fingerprint density at radius 3 is 2.38 bits per heavy atom. The lowest BCUT2D eigenvalue weighted by atomic mass is 10.2. The number of aliphatic hydroxyl groups excluding tert-OH is 1. The second-order valence-corrected chi connectivity index (χ2v) is 7.66. The van der Waals surface area contributed by atoms with Crippen LogP contribution in [0, 0.1) is 0 Å². The maximum atomic E-state index is 13.1. The zero-order valence-electron chi connectivity index (χ0n) is 15.3. The molecule has 0 aliphatic carbocycles. The molecule has 1 heterocycles. The molecule has 1 aliphatic heterocycles. The number of amides is 1. The minimum absolute atomic E-state index is 0.0579. The number of hydrogen-bond acceptors (Lipinski definition) is 6. The van der Waals surface area contributed by atoms with Crippen LogP contribution in [0.1, 0.15) is 20.8 Å². The maximum absolute atomic E-state index is 13.1. The summed E-state index contributed by atoms with van der Waals surface area (Å²) in [7, 11) is -2.02. The van der Waals surface area contributed by atoms with Crippen LogP contribution in [0.5, 0.6) is 0 Å². The first-order valence-electron chi connectivity index (χ1n) is 8.30. The van der Waals surface area contributed by atoms with E-state index >= 15 is 0 Å². The summed E-state index contributed by atoms with van der Waals surface area (Å²) in [6.07, 6.45) is 0. The van der Waals surface area contributed by atoms with Gasteiger partial charge in [0, 0.05) is 7.05 Å². The third-order valence-corrected chi connectivity index (χ3v) is 6.20. The second-order valence-electron chi connectivity index (χ2n) is 5.67. The summed E-state index contributed by atoms with van der Waals surface area (Å²) in [6, 6.07) is 6.06. The normalized spacial score (nSPS) is 18.8. The van der Waals surface area contributed by atoms with Gasteiger partial charge in [-0.3, -0.25) is 9.36 Å². The summed E-state index contributed by atoms with van der Waals surface area (Å²) in [5.41, 5.74) is 6.19. The number of nitrogens with zero attached hydrogens (tertiary/aromatic N) is 2. The standard InChI is InChI=1S/C17H24N3O5P/c1-5-24-26(23,25-6-2)13-10-8-7-9-12(13)19-16(18)14-15(21)11(3)20(4)17(14)22/h7-11,21H,5-6H2,1-4H3,(H2,18,19)/t11-/m0/s1. The highest BCUT2D eigenvalue weighted by molar-refractivity contribution is 7.62. The number of likely N-dealkylation sites (N-methyl/N-ethyl adjacent to an activating group) is 1. The molecule has 8 nitrogen and oxygen atoms in total. The molecule has 3 N–H and O–H groups in total. The summed E-state index contributed by atoms with van der Waals surface area (Å²) in [5.74, 6) is -0.726. The monoisotopic (exact) mass is 381 g/mol. The van der Waals surface area contributed by atoms with Crippen LogP contribution in [0.25, 0.3) is 0 Å². The summed E-state index contributed by atoms with van der Waals surface area (Å²) in [4.78, 5) is 17.9. The number of aliphatic imine (C=N–C) groups is 1. The highest BCUT2D eigenvalue weighted by Crippen LogP contribution is 2.49. The number of carbonyl (C=O) groups excluding carboxylic acids is 1. The Labute approximate surface area is 152 Å². The zero-order chi connectivity index (χ0) is 19.5. The predicted octanol–water partition coefficient (Wildman–Crippen LogP) is 2.24. The van der Waals surface area contributed by atoms with E-state index in [1.54, 1.807) is 52.1 Å². The van der Waals surface area contributed by atoms with E-state index in [9.17, 15) is 14.5 Å². The number of amidine groups is 1. The molecule has 1 aromatic rings. The Kier molecular flexibility index (Phi) is 6.23. The number of nitrogens with two attached hydrogens (primary N) is 1. The average molecular weight is 381 g/mol. The van der Waals surface area contributed by atoms with Gasteiger partial charge in [-0.05, 0) is 32.9 Å². The molecule has 0 bridgehead atoms. The van der Waals surface area contributed by atoms with Crippen molar-refractivity contribution >= 4 is 30.3 Å². The lowest BCUT2D eigenvalue weighted by Gasteiger charge is -2.18. The molecule has 0 saturated carbocycles. The maximum Gasteiger partial charge on any atom is 0.363 e. The van der Waals surface area contributed by atoms with Gasteiger partial charge in [-0.25, -0.2) is 4.99 Å². The van der Waals surface area contributed by atoms with Crippen LogP contribution in [0.3, 0.4) is 0 Å². The minimum atomic E-state index is -3.59. The van der Waals surface area contributed by atoms with Crippen LogP contribution in [0.15, 0.2) is 40.6 Å². The molecular formula is C17H24N3O5P.